The first-order valence-corrected chi connectivity index (χ1v) is 9.19. The zero-order chi connectivity index (χ0) is 21.4. The third-order valence-corrected chi connectivity index (χ3v) is 3.90. The topological polar surface area (TPSA) is 84.0 Å². The highest BCUT2D eigenvalue weighted by atomic mass is 19.3. The fraction of sp³-hybridized carbons (Fsp3) is 0.333. The molecule has 0 bridgehead atoms. The van der Waals surface area contributed by atoms with Gasteiger partial charge in [-0.05, 0) is 45.0 Å². The Bertz CT molecular complexity index is 806. The molecule has 8 heteroatoms. The number of nitrogens with one attached hydrogen (secondary N) is 2. The summed E-state index contributed by atoms with van der Waals surface area (Å²) in [6, 6.07) is 14.9. The van der Waals surface area contributed by atoms with Crippen LogP contribution in [0.4, 0.5) is 13.6 Å². The van der Waals surface area contributed by atoms with E-state index in [4.69, 9.17) is 0 Å². The van der Waals surface area contributed by atoms with Crippen LogP contribution < -0.4 is 20.7 Å². The smallest absolute Gasteiger partial charge is 0.387 e. The second kappa shape index (κ2) is 9.97. The van der Waals surface area contributed by atoms with E-state index >= 15 is 0 Å². The van der Waals surface area contributed by atoms with E-state index in [1.54, 1.807) is 17.4 Å². The summed E-state index contributed by atoms with van der Waals surface area (Å²) in [5, 5.41) is 6.74. The SMILES string of the molecule is CC(C)(C)NC(=O)NC(=O)C[NH2+][C@@H](c1ccccc1)c1ccc(OC(F)F)cc1. The molecular formula is C21H26F2N3O3+. The Labute approximate surface area is 168 Å². The van der Waals surface area contributed by atoms with Crippen molar-refractivity contribution in [3.05, 3.63) is 65.7 Å². The Morgan fingerprint density at radius 1 is 1.00 bits per heavy atom. The van der Waals surface area contributed by atoms with Gasteiger partial charge < -0.3 is 15.4 Å². The number of hydrogen-bond donors (Lipinski definition) is 3. The molecule has 0 saturated heterocycles. The van der Waals surface area contributed by atoms with E-state index in [0.717, 1.165) is 11.1 Å². The number of carbonyl (C=O) groups excluding carboxylic acids is 2. The summed E-state index contributed by atoms with van der Waals surface area (Å²) in [4.78, 5) is 24.0. The van der Waals surface area contributed by atoms with Crippen LogP contribution in [-0.4, -0.2) is 30.6 Å². The van der Waals surface area contributed by atoms with Gasteiger partial charge in [-0.15, -0.1) is 0 Å². The summed E-state index contributed by atoms with van der Waals surface area (Å²) in [5.41, 5.74) is 1.29. The predicted molar refractivity (Wildman–Crippen MR) is 105 cm³/mol. The molecule has 0 radical (unpaired) electrons. The molecule has 156 valence electrons. The first-order chi connectivity index (χ1) is 13.6. The maximum absolute atomic E-state index is 12.4. The molecule has 0 fully saturated rings. The summed E-state index contributed by atoms with van der Waals surface area (Å²) < 4.78 is 29.1. The van der Waals surface area contributed by atoms with Crippen LogP contribution in [0.15, 0.2) is 54.6 Å². The van der Waals surface area contributed by atoms with Crippen LogP contribution in [0.2, 0.25) is 0 Å². The van der Waals surface area contributed by atoms with E-state index in [0.29, 0.717) is 0 Å². The maximum atomic E-state index is 12.4. The molecule has 4 N–H and O–H groups in total. The Hall–Kier alpha value is -3.00. The summed E-state index contributed by atoms with van der Waals surface area (Å²) in [7, 11) is 0. The van der Waals surface area contributed by atoms with Gasteiger partial charge >= 0.3 is 12.6 Å². The lowest BCUT2D eigenvalue weighted by Crippen LogP contribution is -2.88. The van der Waals surface area contributed by atoms with Crippen molar-refractivity contribution in [3.63, 3.8) is 0 Å². The number of hydrogen-bond acceptors (Lipinski definition) is 3. The highest BCUT2D eigenvalue weighted by Gasteiger charge is 2.21. The summed E-state index contributed by atoms with van der Waals surface area (Å²) in [6.45, 7) is 2.56. The van der Waals surface area contributed by atoms with Crippen LogP contribution in [0.25, 0.3) is 0 Å². The van der Waals surface area contributed by atoms with Gasteiger partial charge in [-0.2, -0.15) is 8.78 Å². The van der Waals surface area contributed by atoms with Gasteiger partial charge in [0.05, 0.1) is 0 Å². The highest BCUT2D eigenvalue weighted by Crippen LogP contribution is 2.22. The maximum Gasteiger partial charge on any atom is 0.387 e. The van der Waals surface area contributed by atoms with E-state index in [2.05, 4.69) is 15.4 Å². The quantitative estimate of drug-likeness (QED) is 0.661. The van der Waals surface area contributed by atoms with Gasteiger partial charge in [0.25, 0.3) is 5.91 Å². The number of benzene rings is 2. The molecule has 29 heavy (non-hydrogen) atoms. The average molecular weight is 406 g/mol. The van der Waals surface area contributed by atoms with Gasteiger partial charge in [-0.25, -0.2) is 4.79 Å². The van der Waals surface area contributed by atoms with Crippen LogP contribution in [0.5, 0.6) is 5.75 Å². The second-order valence-corrected chi connectivity index (χ2v) is 7.53. The molecule has 0 aliphatic rings. The predicted octanol–water partition coefficient (Wildman–Crippen LogP) is 2.57. The van der Waals surface area contributed by atoms with E-state index in [-0.39, 0.29) is 18.3 Å². The largest absolute Gasteiger partial charge is 0.435 e. The van der Waals surface area contributed by atoms with Gasteiger partial charge in [-0.1, -0.05) is 30.3 Å². The van der Waals surface area contributed by atoms with Crippen molar-refractivity contribution in [1.29, 1.82) is 0 Å². The first kappa shape index (κ1) is 22.3. The second-order valence-electron chi connectivity index (χ2n) is 7.53. The minimum atomic E-state index is -2.89. The van der Waals surface area contributed by atoms with Crippen molar-refractivity contribution in [2.45, 2.75) is 39.0 Å². The van der Waals surface area contributed by atoms with Crippen LogP contribution in [0.3, 0.4) is 0 Å². The average Bonchev–Trinajstić information content (AvgIpc) is 2.62. The number of amides is 3. The van der Waals surface area contributed by atoms with Gasteiger partial charge in [0.15, 0.2) is 6.54 Å². The van der Waals surface area contributed by atoms with Crippen molar-refractivity contribution in [2.75, 3.05) is 6.54 Å². The number of urea groups is 1. The molecule has 2 rings (SSSR count). The zero-order valence-corrected chi connectivity index (χ0v) is 16.6. The Morgan fingerprint density at radius 2 is 1.59 bits per heavy atom. The lowest BCUT2D eigenvalue weighted by molar-refractivity contribution is -0.676. The van der Waals surface area contributed by atoms with Crippen LogP contribution in [0.1, 0.15) is 37.9 Å². The van der Waals surface area contributed by atoms with E-state index in [1.807, 2.05) is 51.1 Å². The van der Waals surface area contributed by atoms with Crippen molar-refractivity contribution >= 4 is 11.9 Å². The van der Waals surface area contributed by atoms with Gasteiger partial charge in [0.2, 0.25) is 0 Å². The minimum Gasteiger partial charge on any atom is -0.435 e. The zero-order valence-electron chi connectivity index (χ0n) is 16.6. The van der Waals surface area contributed by atoms with Gasteiger partial charge in [-0.3, -0.25) is 10.1 Å². The number of rotatable bonds is 7. The van der Waals surface area contributed by atoms with Gasteiger partial charge in [0.1, 0.15) is 11.8 Å². The van der Waals surface area contributed by atoms with E-state index < -0.39 is 24.1 Å². The van der Waals surface area contributed by atoms with Crippen molar-refractivity contribution < 1.29 is 28.4 Å². The van der Waals surface area contributed by atoms with Gasteiger partial charge in [0, 0.05) is 16.7 Å². The van der Waals surface area contributed by atoms with Crippen molar-refractivity contribution in [3.8, 4) is 5.75 Å². The summed E-state index contributed by atoms with van der Waals surface area (Å²) >= 11 is 0. The summed E-state index contributed by atoms with van der Waals surface area (Å²) in [5.74, 6) is -0.377. The van der Waals surface area contributed by atoms with Crippen molar-refractivity contribution in [1.82, 2.24) is 10.6 Å². The molecule has 0 aliphatic heterocycles. The highest BCUT2D eigenvalue weighted by molar-refractivity contribution is 5.94. The van der Waals surface area contributed by atoms with Crippen molar-refractivity contribution in [2.24, 2.45) is 0 Å². The monoisotopic (exact) mass is 406 g/mol. The molecule has 3 amide bonds. The Balaban J connectivity index is 2.08. The number of alkyl halides is 2. The molecule has 0 aromatic heterocycles. The number of imide groups is 1. The fourth-order valence-electron chi connectivity index (χ4n) is 2.76. The molecule has 0 saturated carbocycles. The summed E-state index contributed by atoms with van der Waals surface area (Å²) in [6.07, 6.45) is 0. The molecule has 0 unspecified atom stereocenters. The van der Waals surface area contributed by atoms with Crippen LogP contribution >= 0.6 is 0 Å². The van der Waals surface area contributed by atoms with Crippen LogP contribution in [0, 0.1) is 0 Å². The Kier molecular flexibility index (Phi) is 7.67. The minimum absolute atomic E-state index is 0.00636. The molecule has 2 aromatic carbocycles. The molecule has 0 aliphatic carbocycles. The fourth-order valence-corrected chi connectivity index (χ4v) is 2.76. The number of carbonyl (C=O) groups is 2. The number of nitrogens with two attached hydrogens (primary N) is 1. The standard InChI is InChI=1S/C21H25F2N3O3/c1-21(2,3)26-20(28)25-17(27)13-24-18(14-7-5-4-6-8-14)15-9-11-16(12-10-15)29-19(22)23/h4-12,18-19,24H,13H2,1-3H3,(H2,25,26,27,28)/p+1/t18-/m0/s1. The third-order valence-electron chi connectivity index (χ3n) is 3.90. The Morgan fingerprint density at radius 3 is 2.14 bits per heavy atom. The molecule has 1 atom stereocenters. The molecule has 6 nitrogen and oxygen atoms in total. The van der Waals surface area contributed by atoms with E-state index in [9.17, 15) is 18.4 Å². The first-order valence-electron chi connectivity index (χ1n) is 9.19. The molecule has 2 aromatic rings. The molecule has 0 spiro atoms. The molecule has 0 heterocycles. The lowest BCUT2D eigenvalue weighted by atomic mass is 9.98. The molecular weight excluding hydrogens is 380 g/mol. The number of halogens is 2. The van der Waals surface area contributed by atoms with E-state index in [1.165, 1.54) is 12.1 Å². The van der Waals surface area contributed by atoms with Crippen LogP contribution in [-0.2, 0) is 4.79 Å². The normalized spacial score (nSPS) is 12.3. The number of ether oxygens (including phenoxy) is 1. The lowest BCUT2D eigenvalue weighted by Gasteiger charge is -2.20. The number of quaternary nitrogens is 1. The third kappa shape index (κ3) is 7.87.